The van der Waals surface area contributed by atoms with Gasteiger partial charge in [0, 0.05) is 24.6 Å². The maximum Gasteiger partial charge on any atom is 0.423 e. The molecule has 0 radical (unpaired) electrons. The van der Waals surface area contributed by atoms with Crippen LogP contribution in [0.4, 0.5) is 18.0 Å². The first-order valence-electron chi connectivity index (χ1n) is 10.4. The monoisotopic (exact) mass is 463 g/mol. The molecule has 0 aliphatic heterocycles. The SMILES string of the molecule is CCN(Cc1cc(C(F)(F)F)ccc1-c1ccc(C=CC(C)=O)n1NC(=O)O)C(=O)C1CC1. The molecule has 2 N–H and O–H groups in total. The van der Waals surface area contributed by atoms with E-state index in [1.54, 1.807) is 19.1 Å². The summed E-state index contributed by atoms with van der Waals surface area (Å²) in [7, 11) is 0. The number of hydrogen-bond donors (Lipinski definition) is 2. The number of nitrogens with one attached hydrogen (secondary N) is 1. The lowest BCUT2D eigenvalue weighted by atomic mass is 10.00. The van der Waals surface area contributed by atoms with E-state index in [9.17, 15) is 32.7 Å². The second-order valence-electron chi connectivity index (χ2n) is 7.84. The van der Waals surface area contributed by atoms with Crippen molar-refractivity contribution >= 4 is 23.9 Å². The van der Waals surface area contributed by atoms with E-state index in [4.69, 9.17) is 0 Å². The zero-order valence-corrected chi connectivity index (χ0v) is 18.1. The van der Waals surface area contributed by atoms with Crippen molar-refractivity contribution in [2.24, 2.45) is 5.92 Å². The number of ketones is 1. The van der Waals surface area contributed by atoms with E-state index in [0.29, 0.717) is 17.8 Å². The first-order valence-corrected chi connectivity index (χ1v) is 10.4. The number of halogens is 3. The molecule has 0 saturated heterocycles. The molecule has 0 unspecified atom stereocenters. The van der Waals surface area contributed by atoms with Crippen LogP contribution < -0.4 is 5.43 Å². The van der Waals surface area contributed by atoms with E-state index >= 15 is 0 Å². The zero-order valence-electron chi connectivity index (χ0n) is 18.1. The van der Waals surface area contributed by atoms with Gasteiger partial charge >= 0.3 is 12.3 Å². The predicted octanol–water partition coefficient (Wildman–Crippen LogP) is 4.76. The van der Waals surface area contributed by atoms with Gasteiger partial charge in [0.05, 0.1) is 17.0 Å². The quantitative estimate of drug-likeness (QED) is 0.553. The number of carbonyl (C=O) groups is 3. The average Bonchev–Trinajstić information content (AvgIpc) is 3.51. The summed E-state index contributed by atoms with van der Waals surface area (Å²) in [6.07, 6.45) is -1.79. The molecule has 176 valence electrons. The third-order valence-electron chi connectivity index (χ3n) is 5.30. The maximum atomic E-state index is 13.4. The second kappa shape index (κ2) is 9.51. The van der Waals surface area contributed by atoms with Crippen molar-refractivity contribution in [1.82, 2.24) is 9.58 Å². The van der Waals surface area contributed by atoms with Gasteiger partial charge in [-0.2, -0.15) is 13.2 Å². The highest BCUT2D eigenvalue weighted by Gasteiger charge is 2.34. The van der Waals surface area contributed by atoms with Crippen molar-refractivity contribution < 1.29 is 32.7 Å². The lowest BCUT2D eigenvalue weighted by molar-refractivity contribution is -0.137. The molecule has 1 aliphatic carbocycles. The molecule has 10 heteroatoms. The Labute approximate surface area is 188 Å². The largest absolute Gasteiger partial charge is 0.464 e. The predicted molar refractivity (Wildman–Crippen MR) is 116 cm³/mol. The highest BCUT2D eigenvalue weighted by molar-refractivity contribution is 5.91. The molecule has 33 heavy (non-hydrogen) atoms. The first-order chi connectivity index (χ1) is 15.5. The van der Waals surface area contributed by atoms with E-state index < -0.39 is 17.8 Å². The van der Waals surface area contributed by atoms with Gasteiger partial charge in [0.2, 0.25) is 5.91 Å². The molecule has 1 aromatic heterocycles. The van der Waals surface area contributed by atoms with Crippen LogP contribution in [0.15, 0.2) is 36.4 Å². The van der Waals surface area contributed by atoms with Gasteiger partial charge in [-0.05, 0) is 68.7 Å². The summed E-state index contributed by atoms with van der Waals surface area (Å²) in [5.41, 5.74) is 2.50. The van der Waals surface area contributed by atoms with Gasteiger partial charge in [0.1, 0.15) is 0 Å². The Kier molecular flexibility index (Phi) is 6.95. The van der Waals surface area contributed by atoms with E-state index in [-0.39, 0.29) is 35.4 Å². The molecule has 2 aromatic rings. The highest BCUT2D eigenvalue weighted by atomic mass is 19.4. The number of benzene rings is 1. The van der Waals surface area contributed by atoms with Crippen LogP contribution in [-0.4, -0.2) is 39.0 Å². The third-order valence-corrected chi connectivity index (χ3v) is 5.30. The molecule has 0 bridgehead atoms. The summed E-state index contributed by atoms with van der Waals surface area (Å²) in [4.78, 5) is 36.8. The summed E-state index contributed by atoms with van der Waals surface area (Å²) in [6, 6.07) is 6.25. The Morgan fingerprint density at radius 1 is 1.21 bits per heavy atom. The molecule has 0 spiro atoms. The smallest absolute Gasteiger partial charge is 0.423 e. The van der Waals surface area contributed by atoms with Crippen molar-refractivity contribution in [2.75, 3.05) is 12.0 Å². The standard InChI is InChI=1S/C23H24F3N3O4/c1-3-28(21(31)15-5-6-15)13-16-12-17(23(24,25)26)7-10-19(16)20-11-9-18(8-4-14(2)30)29(20)27-22(32)33/h4,7-12,15,27H,3,5-6,13H2,1-2H3,(H,32,33). The molecule has 1 heterocycles. The lowest BCUT2D eigenvalue weighted by Gasteiger charge is -2.24. The number of nitrogens with zero attached hydrogens (tertiary/aromatic N) is 2. The number of carboxylic acid groups (broad SMARTS) is 1. The molecule has 1 aliphatic rings. The van der Waals surface area contributed by atoms with Crippen LogP contribution in [0.1, 0.15) is 43.5 Å². The molecule has 2 amide bonds. The fraction of sp³-hybridized carbons (Fsp3) is 0.348. The number of rotatable bonds is 8. The van der Waals surface area contributed by atoms with Gasteiger partial charge in [-0.3, -0.25) is 14.3 Å². The van der Waals surface area contributed by atoms with Crippen LogP contribution >= 0.6 is 0 Å². The van der Waals surface area contributed by atoms with Crippen LogP contribution in [0, 0.1) is 5.92 Å². The minimum Gasteiger partial charge on any atom is -0.464 e. The van der Waals surface area contributed by atoms with Crippen molar-refractivity contribution in [3.05, 3.63) is 53.2 Å². The highest BCUT2D eigenvalue weighted by Crippen LogP contribution is 2.36. The third kappa shape index (κ3) is 5.82. The van der Waals surface area contributed by atoms with E-state index in [1.165, 1.54) is 34.7 Å². The van der Waals surface area contributed by atoms with E-state index in [2.05, 4.69) is 5.43 Å². The van der Waals surface area contributed by atoms with E-state index in [1.807, 2.05) is 0 Å². The summed E-state index contributed by atoms with van der Waals surface area (Å²) < 4.78 is 41.5. The van der Waals surface area contributed by atoms with Crippen molar-refractivity contribution in [3.8, 4) is 11.3 Å². The van der Waals surface area contributed by atoms with Crippen LogP contribution in [0.25, 0.3) is 17.3 Å². The average molecular weight is 463 g/mol. The molecule has 1 aromatic carbocycles. The molecular formula is C23H24F3N3O4. The Balaban J connectivity index is 2.12. The molecule has 7 nitrogen and oxygen atoms in total. The van der Waals surface area contributed by atoms with E-state index in [0.717, 1.165) is 25.0 Å². The maximum absolute atomic E-state index is 13.4. The number of alkyl halides is 3. The number of amides is 2. The van der Waals surface area contributed by atoms with Crippen molar-refractivity contribution in [2.45, 2.75) is 39.4 Å². The summed E-state index contributed by atoms with van der Waals surface area (Å²) >= 11 is 0. The number of carbonyl (C=O) groups excluding carboxylic acids is 2. The minimum atomic E-state index is -4.58. The molecular weight excluding hydrogens is 439 g/mol. The van der Waals surface area contributed by atoms with Crippen LogP contribution in [-0.2, 0) is 22.3 Å². The van der Waals surface area contributed by atoms with Crippen molar-refractivity contribution in [3.63, 3.8) is 0 Å². The zero-order chi connectivity index (χ0) is 24.3. The Morgan fingerprint density at radius 3 is 2.45 bits per heavy atom. The van der Waals surface area contributed by atoms with Crippen molar-refractivity contribution in [1.29, 1.82) is 0 Å². The summed E-state index contributed by atoms with van der Waals surface area (Å²) in [5.74, 6) is -0.461. The Morgan fingerprint density at radius 2 is 1.91 bits per heavy atom. The van der Waals surface area contributed by atoms with Gasteiger partial charge < -0.3 is 10.0 Å². The Bertz CT molecular complexity index is 1100. The van der Waals surface area contributed by atoms with Crippen LogP contribution in [0.5, 0.6) is 0 Å². The molecule has 1 fully saturated rings. The number of allylic oxidation sites excluding steroid dienone is 1. The molecule has 0 atom stereocenters. The molecule has 1 saturated carbocycles. The second-order valence-corrected chi connectivity index (χ2v) is 7.84. The first kappa shape index (κ1) is 24.1. The number of hydrogen-bond acceptors (Lipinski definition) is 3. The summed E-state index contributed by atoms with van der Waals surface area (Å²) in [6.45, 7) is 3.36. The molecule has 3 rings (SSSR count). The van der Waals surface area contributed by atoms with Gasteiger partial charge in [0.15, 0.2) is 5.78 Å². The topological polar surface area (TPSA) is 91.6 Å². The fourth-order valence-electron chi connectivity index (χ4n) is 3.51. The minimum absolute atomic E-state index is 0.0536. The van der Waals surface area contributed by atoms with Gasteiger partial charge in [0.25, 0.3) is 0 Å². The van der Waals surface area contributed by atoms with Gasteiger partial charge in [-0.1, -0.05) is 6.07 Å². The lowest BCUT2D eigenvalue weighted by Crippen LogP contribution is -2.32. The summed E-state index contributed by atoms with van der Waals surface area (Å²) in [5, 5.41) is 9.28. The van der Waals surface area contributed by atoms with Gasteiger partial charge in [-0.15, -0.1) is 0 Å². The van der Waals surface area contributed by atoms with Crippen LogP contribution in [0.3, 0.4) is 0 Å². The normalized spacial score (nSPS) is 13.8. The van der Waals surface area contributed by atoms with Gasteiger partial charge in [-0.25, -0.2) is 10.2 Å². The number of aromatic nitrogens is 1. The Hall–Kier alpha value is -3.56. The van der Waals surface area contributed by atoms with Crippen LogP contribution in [0.2, 0.25) is 0 Å². The fourth-order valence-corrected chi connectivity index (χ4v) is 3.51.